The van der Waals surface area contributed by atoms with Crippen molar-refractivity contribution in [2.45, 2.75) is 12.3 Å². The van der Waals surface area contributed by atoms with E-state index in [1.165, 1.54) is 6.07 Å². The van der Waals surface area contributed by atoms with E-state index in [1.54, 1.807) is 24.3 Å². The molecular formula is C14H11BrClFO. The Kier molecular flexibility index (Phi) is 4.25. The maximum Gasteiger partial charge on any atom is 0.165 e. The van der Waals surface area contributed by atoms with E-state index in [-0.39, 0.29) is 11.6 Å². The zero-order valence-electron chi connectivity index (χ0n) is 9.71. The standard InChI is InChI=1S/C14H11BrClFO/c1-9-2-5-12(17)14(6-9)18-13-7-11(16)4-3-10(13)8-15/h2-7H,8H2,1H3. The summed E-state index contributed by atoms with van der Waals surface area (Å²) >= 11 is 9.28. The third-order valence-electron chi connectivity index (χ3n) is 2.48. The van der Waals surface area contributed by atoms with Gasteiger partial charge in [0.2, 0.25) is 0 Å². The largest absolute Gasteiger partial charge is 0.454 e. The average molecular weight is 330 g/mol. The molecule has 2 rings (SSSR count). The third kappa shape index (κ3) is 3.03. The number of benzene rings is 2. The molecule has 0 aliphatic rings. The molecule has 0 aliphatic heterocycles. The Morgan fingerprint density at radius 1 is 1.17 bits per heavy atom. The van der Waals surface area contributed by atoms with Crippen LogP contribution in [0.3, 0.4) is 0 Å². The van der Waals surface area contributed by atoms with Crippen molar-refractivity contribution in [3.05, 3.63) is 58.4 Å². The first-order valence-corrected chi connectivity index (χ1v) is 6.88. The Balaban J connectivity index is 2.38. The summed E-state index contributed by atoms with van der Waals surface area (Å²) in [5.74, 6) is 0.379. The normalized spacial score (nSPS) is 10.4. The summed E-state index contributed by atoms with van der Waals surface area (Å²) in [6.45, 7) is 1.88. The van der Waals surface area contributed by atoms with Crippen LogP contribution in [-0.2, 0) is 5.33 Å². The molecule has 4 heteroatoms. The Morgan fingerprint density at radius 2 is 1.94 bits per heavy atom. The van der Waals surface area contributed by atoms with Crippen LogP contribution < -0.4 is 4.74 Å². The van der Waals surface area contributed by atoms with E-state index in [0.717, 1.165) is 11.1 Å². The first-order chi connectivity index (χ1) is 8.60. The molecule has 18 heavy (non-hydrogen) atoms. The number of hydrogen-bond donors (Lipinski definition) is 0. The summed E-state index contributed by atoms with van der Waals surface area (Å²) in [5, 5.41) is 1.18. The molecule has 0 atom stereocenters. The molecule has 0 saturated carbocycles. The third-order valence-corrected chi connectivity index (χ3v) is 3.32. The molecular weight excluding hydrogens is 319 g/mol. The molecule has 0 aliphatic carbocycles. The van der Waals surface area contributed by atoms with Crippen molar-refractivity contribution in [1.29, 1.82) is 0 Å². The SMILES string of the molecule is Cc1ccc(F)c(Oc2cc(Cl)ccc2CBr)c1. The van der Waals surface area contributed by atoms with Gasteiger partial charge in [0.05, 0.1) is 0 Å². The summed E-state index contributed by atoms with van der Waals surface area (Å²) in [6.07, 6.45) is 0. The lowest BCUT2D eigenvalue weighted by atomic mass is 10.2. The van der Waals surface area contributed by atoms with E-state index in [1.807, 2.05) is 13.0 Å². The summed E-state index contributed by atoms with van der Waals surface area (Å²) in [6, 6.07) is 10.1. The fourth-order valence-corrected chi connectivity index (χ4v) is 2.17. The van der Waals surface area contributed by atoms with Crippen molar-refractivity contribution in [3.63, 3.8) is 0 Å². The quantitative estimate of drug-likeness (QED) is 0.678. The van der Waals surface area contributed by atoms with Gasteiger partial charge >= 0.3 is 0 Å². The van der Waals surface area contributed by atoms with Crippen LogP contribution in [-0.4, -0.2) is 0 Å². The lowest BCUT2D eigenvalue weighted by Gasteiger charge is -2.11. The van der Waals surface area contributed by atoms with Crippen molar-refractivity contribution >= 4 is 27.5 Å². The minimum absolute atomic E-state index is 0.208. The topological polar surface area (TPSA) is 9.23 Å². The van der Waals surface area contributed by atoms with E-state index in [2.05, 4.69) is 15.9 Å². The molecule has 0 amide bonds. The zero-order chi connectivity index (χ0) is 13.1. The highest BCUT2D eigenvalue weighted by Gasteiger charge is 2.09. The van der Waals surface area contributed by atoms with Gasteiger partial charge < -0.3 is 4.74 Å². The molecule has 0 unspecified atom stereocenters. The van der Waals surface area contributed by atoms with Crippen LogP contribution in [0.2, 0.25) is 5.02 Å². The van der Waals surface area contributed by atoms with Crippen LogP contribution in [0.1, 0.15) is 11.1 Å². The van der Waals surface area contributed by atoms with Gasteiger partial charge in [-0.2, -0.15) is 0 Å². The van der Waals surface area contributed by atoms with Gasteiger partial charge in [-0.1, -0.05) is 39.7 Å². The van der Waals surface area contributed by atoms with Crippen molar-refractivity contribution in [1.82, 2.24) is 0 Å². The predicted molar refractivity (Wildman–Crippen MR) is 75.3 cm³/mol. The summed E-state index contributed by atoms with van der Waals surface area (Å²) in [7, 11) is 0. The number of halogens is 3. The van der Waals surface area contributed by atoms with Crippen LogP contribution in [0.5, 0.6) is 11.5 Å². The van der Waals surface area contributed by atoms with Crippen LogP contribution >= 0.6 is 27.5 Å². The van der Waals surface area contributed by atoms with Crippen LogP contribution in [0, 0.1) is 12.7 Å². The second kappa shape index (κ2) is 5.72. The number of hydrogen-bond acceptors (Lipinski definition) is 1. The lowest BCUT2D eigenvalue weighted by molar-refractivity contribution is 0.439. The molecule has 0 fully saturated rings. The summed E-state index contributed by atoms with van der Waals surface area (Å²) in [4.78, 5) is 0. The number of rotatable bonds is 3. The minimum Gasteiger partial charge on any atom is -0.454 e. The van der Waals surface area contributed by atoms with Crippen LogP contribution in [0.25, 0.3) is 0 Å². The van der Waals surface area contributed by atoms with Crippen molar-refractivity contribution in [2.24, 2.45) is 0 Å². The van der Waals surface area contributed by atoms with Gasteiger partial charge in [-0.3, -0.25) is 0 Å². The summed E-state index contributed by atoms with van der Waals surface area (Å²) < 4.78 is 19.2. The van der Waals surface area contributed by atoms with Gasteiger partial charge in [-0.05, 0) is 36.8 Å². The van der Waals surface area contributed by atoms with E-state index < -0.39 is 0 Å². The minimum atomic E-state index is -0.388. The average Bonchev–Trinajstić information content (AvgIpc) is 2.34. The first kappa shape index (κ1) is 13.4. The van der Waals surface area contributed by atoms with Crippen LogP contribution in [0.4, 0.5) is 4.39 Å². The van der Waals surface area contributed by atoms with E-state index in [4.69, 9.17) is 16.3 Å². The summed E-state index contributed by atoms with van der Waals surface area (Å²) in [5.41, 5.74) is 1.86. The smallest absolute Gasteiger partial charge is 0.165 e. The van der Waals surface area contributed by atoms with Crippen molar-refractivity contribution in [3.8, 4) is 11.5 Å². The highest BCUT2D eigenvalue weighted by molar-refractivity contribution is 9.08. The fourth-order valence-electron chi connectivity index (χ4n) is 1.54. The fraction of sp³-hybridized carbons (Fsp3) is 0.143. The molecule has 0 saturated heterocycles. The van der Waals surface area contributed by atoms with Gasteiger partial charge in [0.1, 0.15) is 5.75 Å². The highest BCUT2D eigenvalue weighted by atomic mass is 79.9. The van der Waals surface area contributed by atoms with E-state index >= 15 is 0 Å². The Labute approximate surface area is 119 Å². The predicted octanol–water partition coefficient (Wildman–Crippen LogP) is 5.47. The van der Waals surface area contributed by atoms with E-state index in [0.29, 0.717) is 16.1 Å². The second-order valence-electron chi connectivity index (χ2n) is 3.92. The molecule has 0 heterocycles. The highest BCUT2D eigenvalue weighted by Crippen LogP contribution is 2.31. The van der Waals surface area contributed by atoms with Crippen LogP contribution in [0.15, 0.2) is 36.4 Å². The Hall–Kier alpha value is -1.06. The zero-order valence-corrected chi connectivity index (χ0v) is 12.1. The van der Waals surface area contributed by atoms with E-state index in [9.17, 15) is 4.39 Å². The molecule has 0 bridgehead atoms. The van der Waals surface area contributed by atoms with Gasteiger partial charge in [-0.15, -0.1) is 0 Å². The van der Waals surface area contributed by atoms with Gasteiger partial charge in [0.25, 0.3) is 0 Å². The monoisotopic (exact) mass is 328 g/mol. The molecule has 2 aromatic carbocycles. The molecule has 2 aromatic rings. The molecule has 94 valence electrons. The lowest BCUT2D eigenvalue weighted by Crippen LogP contribution is -1.92. The van der Waals surface area contributed by atoms with Gasteiger partial charge in [0.15, 0.2) is 11.6 Å². The maximum atomic E-state index is 13.6. The van der Waals surface area contributed by atoms with Gasteiger partial charge in [0, 0.05) is 15.9 Å². The first-order valence-electron chi connectivity index (χ1n) is 5.38. The number of ether oxygens (including phenoxy) is 1. The molecule has 0 aromatic heterocycles. The Morgan fingerprint density at radius 3 is 2.67 bits per heavy atom. The second-order valence-corrected chi connectivity index (χ2v) is 4.92. The Bertz CT molecular complexity index is 572. The van der Waals surface area contributed by atoms with Crippen molar-refractivity contribution < 1.29 is 9.13 Å². The maximum absolute atomic E-state index is 13.6. The van der Waals surface area contributed by atoms with Crippen molar-refractivity contribution in [2.75, 3.05) is 0 Å². The molecule has 0 N–H and O–H groups in total. The number of alkyl halides is 1. The molecule has 1 nitrogen and oxygen atoms in total. The molecule has 0 radical (unpaired) electrons. The number of aryl methyl sites for hydroxylation is 1. The molecule has 0 spiro atoms. The van der Waals surface area contributed by atoms with Gasteiger partial charge in [-0.25, -0.2) is 4.39 Å².